The minimum absolute atomic E-state index is 0.518. The highest BCUT2D eigenvalue weighted by Crippen LogP contribution is 2.33. The van der Waals surface area contributed by atoms with Crippen molar-refractivity contribution >= 4 is 5.69 Å². The highest BCUT2D eigenvalue weighted by atomic mass is 16.6. The Morgan fingerprint density at radius 3 is 2.52 bits per heavy atom. The lowest BCUT2D eigenvalue weighted by Gasteiger charge is -2.24. The molecule has 0 saturated heterocycles. The number of hydrogen-bond donors (Lipinski definition) is 1. The van der Waals surface area contributed by atoms with Gasteiger partial charge in [-0.2, -0.15) is 0 Å². The van der Waals surface area contributed by atoms with Crippen LogP contribution in [0.1, 0.15) is 11.7 Å². The van der Waals surface area contributed by atoms with Gasteiger partial charge in [0.2, 0.25) is 0 Å². The SMILES string of the molecule is CN(CC(O)c1ccc2c(c1)OCCO2)c1ccccc1. The van der Waals surface area contributed by atoms with Crippen molar-refractivity contribution in [2.24, 2.45) is 0 Å². The van der Waals surface area contributed by atoms with E-state index in [1.807, 2.05) is 60.5 Å². The summed E-state index contributed by atoms with van der Waals surface area (Å²) in [4.78, 5) is 2.03. The number of benzene rings is 2. The van der Waals surface area contributed by atoms with Gasteiger partial charge in [-0.1, -0.05) is 24.3 Å². The summed E-state index contributed by atoms with van der Waals surface area (Å²) in [5, 5.41) is 10.4. The molecule has 0 radical (unpaired) electrons. The van der Waals surface area contributed by atoms with Crippen LogP contribution in [-0.4, -0.2) is 31.9 Å². The lowest BCUT2D eigenvalue weighted by molar-refractivity contribution is 0.166. The Morgan fingerprint density at radius 2 is 1.76 bits per heavy atom. The van der Waals surface area contributed by atoms with Crippen LogP contribution in [0.25, 0.3) is 0 Å². The highest BCUT2D eigenvalue weighted by Gasteiger charge is 2.16. The van der Waals surface area contributed by atoms with Crippen LogP contribution >= 0.6 is 0 Å². The maximum atomic E-state index is 10.4. The Labute approximate surface area is 124 Å². The molecular weight excluding hydrogens is 266 g/mol. The van der Waals surface area contributed by atoms with E-state index in [2.05, 4.69) is 0 Å². The Morgan fingerprint density at radius 1 is 1.05 bits per heavy atom. The maximum Gasteiger partial charge on any atom is 0.161 e. The van der Waals surface area contributed by atoms with Crippen molar-refractivity contribution in [1.82, 2.24) is 0 Å². The van der Waals surface area contributed by atoms with E-state index in [4.69, 9.17) is 9.47 Å². The van der Waals surface area contributed by atoms with Gasteiger partial charge in [0.25, 0.3) is 0 Å². The third-order valence-electron chi connectivity index (χ3n) is 3.59. The van der Waals surface area contributed by atoms with E-state index >= 15 is 0 Å². The normalized spacial score (nSPS) is 14.6. The molecule has 0 fully saturated rings. The second kappa shape index (κ2) is 6.06. The van der Waals surface area contributed by atoms with Gasteiger partial charge < -0.3 is 19.5 Å². The molecule has 110 valence electrons. The number of aliphatic hydroxyl groups excluding tert-OH is 1. The molecule has 1 unspecified atom stereocenters. The molecule has 1 N–H and O–H groups in total. The topological polar surface area (TPSA) is 41.9 Å². The standard InChI is InChI=1S/C17H19NO3/c1-18(14-5-3-2-4-6-14)12-15(19)13-7-8-16-17(11-13)21-10-9-20-16/h2-8,11,15,19H,9-10,12H2,1H3. The van der Waals surface area contributed by atoms with Gasteiger partial charge >= 0.3 is 0 Å². The van der Waals surface area contributed by atoms with Gasteiger partial charge in [0.15, 0.2) is 11.5 Å². The molecule has 4 heteroatoms. The predicted molar refractivity (Wildman–Crippen MR) is 82.1 cm³/mol. The zero-order chi connectivity index (χ0) is 14.7. The molecule has 1 aliphatic rings. The maximum absolute atomic E-state index is 10.4. The monoisotopic (exact) mass is 285 g/mol. The molecular formula is C17H19NO3. The largest absolute Gasteiger partial charge is 0.486 e. The van der Waals surface area contributed by atoms with Crippen molar-refractivity contribution in [2.45, 2.75) is 6.10 Å². The van der Waals surface area contributed by atoms with Crippen molar-refractivity contribution in [3.63, 3.8) is 0 Å². The summed E-state index contributed by atoms with van der Waals surface area (Å²) in [7, 11) is 1.97. The average molecular weight is 285 g/mol. The van der Waals surface area contributed by atoms with Crippen LogP contribution in [0.15, 0.2) is 48.5 Å². The number of nitrogens with zero attached hydrogens (tertiary/aromatic N) is 1. The van der Waals surface area contributed by atoms with E-state index in [1.54, 1.807) is 0 Å². The number of aliphatic hydroxyl groups is 1. The fraction of sp³-hybridized carbons (Fsp3) is 0.294. The highest BCUT2D eigenvalue weighted by molar-refractivity contribution is 5.47. The second-order valence-corrected chi connectivity index (χ2v) is 5.13. The van der Waals surface area contributed by atoms with Crippen molar-refractivity contribution in [1.29, 1.82) is 0 Å². The molecule has 2 aromatic rings. The molecule has 0 saturated carbocycles. The van der Waals surface area contributed by atoms with Gasteiger partial charge in [0.1, 0.15) is 13.2 Å². The summed E-state index contributed by atoms with van der Waals surface area (Å²) in [5.41, 5.74) is 1.91. The lowest BCUT2D eigenvalue weighted by Crippen LogP contribution is -2.24. The van der Waals surface area contributed by atoms with Crippen LogP contribution < -0.4 is 14.4 Å². The first-order valence-corrected chi connectivity index (χ1v) is 7.08. The van der Waals surface area contributed by atoms with E-state index in [-0.39, 0.29) is 0 Å². The summed E-state index contributed by atoms with van der Waals surface area (Å²) in [6.07, 6.45) is -0.578. The van der Waals surface area contributed by atoms with E-state index in [9.17, 15) is 5.11 Å². The number of para-hydroxylation sites is 1. The van der Waals surface area contributed by atoms with Crippen LogP contribution in [0.3, 0.4) is 0 Å². The van der Waals surface area contributed by atoms with Gasteiger partial charge in [-0.05, 0) is 29.8 Å². The van der Waals surface area contributed by atoms with Gasteiger partial charge in [0, 0.05) is 19.3 Å². The molecule has 0 aliphatic carbocycles. The zero-order valence-corrected chi connectivity index (χ0v) is 12.0. The molecule has 1 heterocycles. The molecule has 1 atom stereocenters. The summed E-state index contributed by atoms with van der Waals surface area (Å²) in [6, 6.07) is 15.6. The molecule has 4 nitrogen and oxygen atoms in total. The Kier molecular flexibility index (Phi) is 3.97. The summed E-state index contributed by atoms with van der Waals surface area (Å²) >= 11 is 0. The molecule has 21 heavy (non-hydrogen) atoms. The van der Waals surface area contributed by atoms with Gasteiger partial charge in [-0.15, -0.1) is 0 Å². The molecule has 3 rings (SSSR count). The molecule has 0 amide bonds. The van der Waals surface area contributed by atoms with E-state index < -0.39 is 6.10 Å². The van der Waals surface area contributed by atoms with Gasteiger partial charge in [0.05, 0.1) is 6.10 Å². The second-order valence-electron chi connectivity index (χ2n) is 5.13. The Bertz CT molecular complexity index is 600. The number of fused-ring (bicyclic) bond motifs is 1. The third-order valence-corrected chi connectivity index (χ3v) is 3.59. The van der Waals surface area contributed by atoms with E-state index in [0.29, 0.717) is 25.5 Å². The summed E-state index contributed by atoms with van der Waals surface area (Å²) in [6.45, 7) is 1.64. The molecule has 0 bridgehead atoms. The van der Waals surface area contributed by atoms with Crippen LogP contribution in [0, 0.1) is 0 Å². The van der Waals surface area contributed by atoms with Crippen molar-refractivity contribution in [3.8, 4) is 11.5 Å². The van der Waals surface area contributed by atoms with Crippen LogP contribution in [-0.2, 0) is 0 Å². The third kappa shape index (κ3) is 3.11. The van der Waals surface area contributed by atoms with Crippen molar-refractivity contribution in [2.75, 3.05) is 31.7 Å². The Balaban J connectivity index is 1.72. The predicted octanol–water partition coefficient (Wildman–Crippen LogP) is 2.63. The number of rotatable bonds is 4. The summed E-state index contributed by atoms with van der Waals surface area (Å²) < 4.78 is 11.0. The van der Waals surface area contributed by atoms with Gasteiger partial charge in [-0.3, -0.25) is 0 Å². The molecule has 1 aliphatic heterocycles. The number of hydrogen-bond acceptors (Lipinski definition) is 4. The molecule has 2 aromatic carbocycles. The lowest BCUT2D eigenvalue weighted by atomic mass is 10.1. The molecule has 0 spiro atoms. The number of ether oxygens (including phenoxy) is 2. The number of likely N-dealkylation sites (N-methyl/N-ethyl adjacent to an activating group) is 1. The van der Waals surface area contributed by atoms with Crippen molar-refractivity contribution in [3.05, 3.63) is 54.1 Å². The first-order chi connectivity index (χ1) is 10.2. The van der Waals surface area contributed by atoms with Crippen LogP contribution in [0.5, 0.6) is 11.5 Å². The van der Waals surface area contributed by atoms with Crippen molar-refractivity contribution < 1.29 is 14.6 Å². The average Bonchev–Trinajstić information content (AvgIpc) is 2.55. The quantitative estimate of drug-likeness (QED) is 0.937. The van der Waals surface area contributed by atoms with E-state index in [1.165, 1.54) is 0 Å². The molecule has 0 aromatic heterocycles. The first-order valence-electron chi connectivity index (χ1n) is 7.08. The van der Waals surface area contributed by atoms with E-state index in [0.717, 1.165) is 17.0 Å². The smallest absolute Gasteiger partial charge is 0.161 e. The van der Waals surface area contributed by atoms with Crippen LogP contribution in [0.2, 0.25) is 0 Å². The fourth-order valence-electron chi connectivity index (χ4n) is 2.42. The van der Waals surface area contributed by atoms with Gasteiger partial charge in [-0.25, -0.2) is 0 Å². The summed E-state index contributed by atoms with van der Waals surface area (Å²) in [5.74, 6) is 1.45. The zero-order valence-electron chi connectivity index (χ0n) is 12.0. The number of anilines is 1. The fourth-order valence-corrected chi connectivity index (χ4v) is 2.42. The minimum Gasteiger partial charge on any atom is -0.486 e. The van der Waals surface area contributed by atoms with Crippen LogP contribution in [0.4, 0.5) is 5.69 Å². The first kappa shape index (κ1) is 13.8. The Hall–Kier alpha value is -2.20. The minimum atomic E-state index is -0.578.